The second kappa shape index (κ2) is 11.9. The first-order valence-corrected chi connectivity index (χ1v) is 11.8. The molecule has 33 heavy (non-hydrogen) atoms. The molecule has 0 amide bonds. The molecule has 1 unspecified atom stereocenters. The Morgan fingerprint density at radius 2 is 1.18 bits per heavy atom. The first-order chi connectivity index (χ1) is 16.2. The van der Waals surface area contributed by atoms with Crippen LogP contribution in [-0.2, 0) is 29.1 Å². The zero-order valence-electron chi connectivity index (χ0n) is 19.2. The lowest BCUT2D eigenvalue weighted by Gasteiger charge is -2.29. The Morgan fingerprint density at radius 3 is 1.70 bits per heavy atom. The Labute approximate surface area is 197 Å². The fourth-order valence-corrected chi connectivity index (χ4v) is 4.70. The van der Waals surface area contributed by atoms with Gasteiger partial charge in [0.05, 0.1) is 32.5 Å². The summed E-state index contributed by atoms with van der Waals surface area (Å²) in [5.74, 6) is 0.120. The lowest BCUT2D eigenvalue weighted by Crippen LogP contribution is -2.30. The lowest BCUT2D eigenvalue weighted by molar-refractivity contribution is -0.0354. The minimum absolute atomic E-state index is 0.120. The van der Waals surface area contributed by atoms with Crippen LogP contribution >= 0.6 is 0 Å². The highest BCUT2D eigenvalue weighted by Crippen LogP contribution is 2.43. The van der Waals surface area contributed by atoms with Crippen LogP contribution in [-0.4, -0.2) is 24.4 Å². The summed E-state index contributed by atoms with van der Waals surface area (Å²) in [6, 6.07) is 30.9. The summed E-state index contributed by atoms with van der Waals surface area (Å²) in [6.45, 7) is 2.31. The van der Waals surface area contributed by atoms with Gasteiger partial charge in [0, 0.05) is 11.3 Å². The summed E-state index contributed by atoms with van der Waals surface area (Å²) >= 11 is 0. The smallest absolute Gasteiger partial charge is 0.0717 e. The molecule has 4 rings (SSSR count). The van der Waals surface area contributed by atoms with E-state index in [-0.39, 0.29) is 17.4 Å². The summed E-state index contributed by atoms with van der Waals surface area (Å²) in [6.07, 6.45) is 6.44. The quantitative estimate of drug-likeness (QED) is 0.372. The topological polar surface area (TPSA) is 38.7 Å². The average molecular weight is 443 g/mol. The van der Waals surface area contributed by atoms with Gasteiger partial charge in [0.2, 0.25) is 0 Å². The van der Waals surface area contributed by atoms with E-state index in [1.807, 2.05) is 42.5 Å². The van der Waals surface area contributed by atoms with Crippen molar-refractivity contribution in [3.8, 4) is 0 Å². The number of aliphatic hydroxyl groups excluding tert-OH is 1. The molecule has 0 saturated heterocycles. The van der Waals surface area contributed by atoms with Gasteiger partial charge in [-0.15, -0.1) is 0 Å². The molecule has 3 aromatic carbocycles. The maximum Gasteiger partial charge on any atom is 0.0717 e. The van der Waals surface area contributed by atoms with Crippen LogP contribution in [0.5, 0.6) is 0 Å². The first kappa shape index (κ1) is 23.4. The van der Waals surface area contributed by atoms with Gasteiger partial charge in [-0.1, -0.05) is 103 Å². The fraction of sp³-hybridized carbons (Fsp3) is 0.333. The molecule has 0 bridgehead atoms. The number of benzene rings is 3. The van der Waals surface area contributed by atoms with Gasteiger partial charge in [-0.05, 0) is 36.0 Å². The average Bonchev–Trinajstić information content (AvgIpc) is 3.16. The monoisotopic (exact) mass is 442 g/mol. The molecular formula is C30H34O3. The first-order valence-electron chi connectivity index (χ1n) is 11.8. The van der Waals surface area contributed by atoms with Crippen LogP contribution in [0.15, 0.2) is 103 Å². The van der Waals surface area contributed by atoms with Crippen molar-refractivity contribution < 1.29 is 14.6 Å². The second-order valence-corrected chi connectivity index (χ2v) is 9.21. The van der Waals surface area contributed by atoms with E-state index in [9.17, 15) is 5.11 Å². The van der Waals surface area contributed by atoms with Gasteiger partial charge in [0.1, 0.15) is 0 Å². The zero-order valence-corrected chi connectivity index (χ0v) is 19.2. The number of hydrogen-bond donors (Lipinski definition) is 1. The third kappa shape index (κ3) is 7.13. The predicted octanol–water partition coefficient (Wildman–Crippen LogP) is 5.98. The highest BCUT2D eigenvalue weighted by Gasteiger charge is 2.44. The molecule has 0 radical (unpaired) electrons. The molecule has 0 spiro atoms. The van der Waals surface area contributed by atoms with Crippen molar-refractivity contribution in [1.82, 2.24) is 0 Å². The van der Waals surface area contributed by atoms with E-state index in [1.165, 1.54) is 5.56 Å². The van der Waals surface area contributed by atoms with Gasteiger partial charge >= 0.3 is 0 Å². The normalized spacial score (nSPS) is 19.8. The molecule has 172 valence electrons. The Morgan fingerprint density at radius 1 is 0.697 bits per heavy atom. The third-order valence-electron chi connectivity index (χ3n) is 6.42. The Hall–Kier alpha value is -2.72. The maximum absolute atomic E-state index is 10.9. The molecule has 3 nitrogen and oxygen atoms in total. The Balaban J connectivity index is 1.37. The minimum atomic E-state index is -0.377. The van der Waals surface area contributed by atoms with Crippen LogP contribution in [0.3, 0.4) is 0 Å². The number of aliphatic hydroxyl groups is 1. The number of allylic oxidation sites excluding steroid dienone is 1. The third-order valence-corrected chi connectivity index (χ3v) is 6.42. The number of rotatable bonds is 11. The van der Waals surface area contributed by atoms with Crippen LogP contribution in [0.4, 0.5) is 0 Å². The second-order valence-electron chi connectivity index (χ2n) is 9.21. The fourth-order valence-electron chi connectivity index (χ4n) is 4.70. The van der Waals surface area contributed by atoms with Crippen molar-refractivity contribution in [1.29, 1.82) is 0 Å². The highest BCUT2D eigenvalue weighted by molar-refractivity contribution is 5.18. The highest BCUT2D eigenvalue weighted by atomic mass is 16.5. The van der Waals surface area contributed by atoms with Crippen LogP contribution < -0.4 is 0 Å². The van der Waals surface area contributed by atoms with E-state index >= 15 is 0 Å². The summed E-state index contributed by atoms with van der Waals surface area (Å²) in [5.41, 5.74) is 3.42. The molecule has 0 aliphatic heterocycles. The van der Waals surface area contributed by atoms with Crippen LogP contribution in [0.1, 0.15) is 29.5 Å². The van der Waals surface area contributed by atoms with E-state index in [1.54, 1.807) is 0 Å². The molecule has 1 N–H and O–H groups in total. The predicted molar refractivity (Wildman–Crippen MR) is 133 cm³/mol. The van der Waals surface area contributed by atoms with Crippen LogP contribution in [0.2, 0.25) is 0 Å². The Bertz CT molecular complexity index is 924. The summed E-state index contributed by atoms with van der Waals surface area (Å²) in [5, 5.41) is 10.9. The van der Waals surface area contributed by atoms with E-state index in [0.717, 1.165) is 24.0 Å². The molecular weight excluding hydrogens is 408 g/mol. The van der Waals surface area contributed by atoms with Crippen molar-refractivity contribution >= 4 is 0 Å². The van der Waals surface area contributed by atoms with E-state index < -0.39 is 0 Å². The van der Waals surface area contributed by atoms with Crippen LogP contribution in [0.25, 0.3) is 0 Å². The molecule has 3 aromatic rings. The molecule has 1 aliphatic rings. The molecule has 3 heteroatoms. The van der Waals surface area contributed by atoms with Gasteiger partial charge in [-0.2, -0.15) is 0 Å². The van der Waals surface area contributed by atoms with Gasteiger partial charge in [0.15, 0.2) is 0 Å². The largest absolute Gasteiger partial charge is 0.392 e. The number of hydrogen-bond acceptors (Lipinski definition) is 3. The molecule has 1 aliphatic carbocycles. The molecule has 1 saturated carbocycles. The summed E-state index contributed by atoms with van der Waals surface area (Å²) < 4.78 is 12.3. The SMILES string of the molecule is O[C@H]1CC(COCc2ccccc2)(COCc2ccccc2)CC1/C=C/Cc1ccccc1. The number of ether oxygens (including phenoxy) is 2. The van der Waals surface area contributed by atoms with Crippen molar-refractivity contribution in [2.24, 2.45) is 11.3 Å². The Kier molecular flexibility index (Phi) is 8.48. The van der Waals surface area contributed by atoms with Gasteiger partial charge in [-0.25, -0.2) is 0 Å². The standard InChI is InChI=1S/C30H34O3/c31-29-20-30(23-32-21-26-13-6-2-7-14-26,24-33-22-27-15-8-3-9-16-27)19-28(29)18-10-17-25-11-4-1-5-12-25/h1-16,18,28-29,31H,17,19-24H2/b18-10+/t28?,29-/m0/s1. The van der Waals surface area contributed by atoms with Gasteiger partial charge in [0.25, 0.3) is 0 Å². The molecule has 0 aromatic heterocycles. The molecule has 1 fully saturated rings. The van der Waals surface area contributed by atoms with Crippen molar-refractivity contribution in [2.45, 2.75) is 38.6 Å². The van der Waals surface area contributed by atoms with E-state index in [4.69, 9.17) is 9.47 Å². The van der Waals surface area contributed by atoms with Crippen molar-refractivity contribution in [3.63, 3.8) is 0 Å². The summed E-state index contributed by atoms with van der Waals surface area (Å²) in [7, 11) is 0. The van der Waals surface area contributed by atoms with Gasteiger partial charge in [-0.3, -0.25) is 0 Å². The minimum Gasteiger partial charge on any atom is -0.392 e. The van der Waals surface area contributed by atoms with Crippen molar-refractivity contribution in [2.75, 3.05) is 13.2 Å². The van der Waals surface area contributed by atoms with Crippen molar-refractivity contribution in [3.05, 3.63) is 120 Å². The van der Waals surface area contributed by atoms with E-state index in [2.05, 4.69) is 60.7 Å². The molecule has 0 heterocycles. The van der Waals surface area contributed by atoms with E-state index in [0.29, 0.717) is 32.8 Å². The van der Waals surface area contributed by atoms with Gasteiger partial charge < -0.3 is 14.6 Å². The molecule has 2 atom stereocenters. The lowest BCUT2D eigenvalue weighted by atomic mass is 9.87. The zero-order chi connectivity index (χ0) is 22.8. The van der Waals surface area contributed by atoms with Crippen LogP contribution in [0, 0.1) is 11.3 Å². The summed E-state index contributed by atoms with van der Waals surface area (Å²) in [4.78, 5) is 0. The maximum atomic E-state index is 10.9.